The van der Waals surface area contributed by atoms with Gasteiger partial charge >= 0.3 is 0 Å². The fourth-order valence-corrected chi connectivity index (χ4v) is 3.23. The van der Waals surface area contributed by atoms with Crippen molar-refractivity contribution in [2.24, 2.45) is 0 Å². The molecule has 0 saturated heterocycles. The van der Waals surface area contributed by atoms with Crippen molar-refractivity contribution in [2.45, 2.75) is 20.0 Å². The minimum absolute atomic E-state index is 0.894. The summed E-state index contributed by atoms with van der Waals surface area (Å²) in [5.41, 5.74) is 7.16. The fourth-order valence-electron chi connectivity index (χ4n) is 3.23. The average Bonchev–Trinajstić information content (AvgIpc) is 3.14. The van der Waals surface area contributed by atoms with Gasteiger partial charge in [0.2, 0.25) is 0 Å². The lowest BCUT2D eigenvalue weighted by Gasteiger charge is -2.03. The largest absolute Gasteiger partial charge is 0.339 e. The van der Waals surface area contributed by atoms with Crippen molar-refractivity contribution < 1.29 is 5.32 Å². The third-order valence-electron chi connectivity index (χ3n) is 4.72. The number of para-hydroxylation sites is 1. The summed E-state index contributed by atoms with van der Waals surface area (Å²) in [6.45, 7) is 3.97. The quantitative estimate of drug-likeness (QED) is 0.555. The zero-order valence-corrected chi connectivity index (χ0v) is 15.5. The molecule has 1 heterocycles. The van der Waals surface area contributed by atoms with Gasteiger partial charge < -0.3 is 5.32 Å². The average molecular weight is 354 g/mol. The van der Waals surface area contributed by atoms with Crippen LogP contribution in [0.3, 0.4) is 0 Å². The molecule has 0 bridgehead atoms. The van der Waals surface area contributed by atoms with Crippen LogP contribution in [0.25, 0.3) is 16.9 Å². The fraction of sp³-hybridized carbons (Fsp3) is 0.125. The minimum Gasteiger partial charge on any atom is -0.339 e. The molecule has 3 heteroatoms. The molecule has 134 valence electrons. The predicted octanol–water partition coefficient (Wildman–Crippen LogP) is 4.11. The zero-order chi connectivity index (χ0) is 18.5. The molecule has 0 saturated carbocycles. The van der Waals surface area contributed by atoms with Gasteiger partial charge in [-0.05, 0) is 19.1 Å². The van der Waals surface area contributed by atoms with E-state index in [4.69, 9.17) is 5.10 Å². The molecule has 0 atom stereocenters. The third-order valence-corrected chi connectivity index (χ3v) is 4.72. The van der Waals surface area contributed by atoms with Crippen LogP contribution in [0.5, 0.6) is 0 Å². The molecule has 0 unspecified atom stereocenters. The molecule has 0 spiro atoms. The maximum absolute atomic E-state index is 4.90. The molecule has 0 aliphatic carbocycles. The Bertz CT molecular complexity index is 987. The van der Waals surface area contributed by atoms with Crippen molar-refractivity contribution in [1.82, 2.24) is 9.78 Å². The van der Waals surface area contributed by atoms with Crippen LogP contribution in [-0.4, -0.2) is 9.78 Å². The standard InChI is InChI=1S/C24H23N3/c1-19-12-14-21(15-13-19)24-22(17-25-16-20-8-4-2-5-9-20)18-27(26-24)23-10-6-3-7-11-23/h2-15,18,25H,16-17H2,1H3/p+1. The third kappa shape index (κ3) is 4.15. The highest BCUT2D eigenvalue weighted by atomic mass is 15.3. The Morgan fingerprint density at radius 3 is 2.15 bits per heavy atom. The number of benzene rings is 3. The number of nitrogens with two attached hydrogens (primary N) is 1. The van der Waals surface area contributed by atoms with Gasteiger partial charge in [-0.2, -0.15) is 5.10 Å². The van der Waals surface area contributed by atoms with E-state index in [0.717, 1.165) is 24.5 Å². The van der Waals surface area contributed by atoms with Crippen molar-refractivity contribution in [2.75, 3.05) is 0 Å². The number of rotatable bonds is 6. The summed E-state index contributed by atoms with van der Waals surface area (Å²) in [5.74, 6) is 0. The van der Waals surface area contributed by atoms with E-state index in [1.807, 2.05) is 22.9 Å². The second kappa shape index (κ2) is 8.02. The number of aryl methyl sites for hydroxylation is 1. The summed E-state index contributed by atoms with van der Waals surface area (Å²) in [5, 5.41) is 7.24. The zero-order valence-electron chi connectivity index (χ0n) is 15.5. The maximum atomic E-state index is 4.90. The van der Waals surface area contributed by atoms with Gasteiger partial charge in [0.15, 0.2) is 0 Å². The molecule has 0 amide bonds. The summed E-state index contributed by atoms with van der Waals surface area (Å²) in [4.78, 5) is 0. The van der Waals surface area contributed by atoms with Crippen molar-refractivity contribution in [3.05, 3.63) is 108 Å². The van der Waals surface area contributed by atoms with E-state index < -0.39 is 0 Å². The smallest absolute Gasteiger partial charge is 0.105 e. The summed E-state index contributed by atoms with van der Waals surface area (Å²) < 4.78 is 1.99. The molecular formula is C24H24N3+. The molecule has 0 aliphatic rings. The first-order chi connectivity index (χ1) is 13.3. The van der Waals surface area contributed by atoms with E-state index in [1.165, 1.54) is 22.3 Å². The molecule has 3 aromatic carbocycles. The van der Waals surface area contributed by atoms with Gasteiger partial charge in [-0.1, -0.05) is 78.4 Å². The topological polar surface area (TPSA) is 34.4 Å². The molecule has 0 aliphatic heterocycles. The second-order valence-corrected chi connectivity index (χ2v) is 6.83. The first-order valence-corrected chi connectivity index (χ1v) is 9.36. The van der Waals surface area contributed by atoms with Crippen LogP contribution in [0, 0.1) is 6.92 Å². The van der Waals surface area contributed by atoms with Crippen LogP contribution in [-0.2, 0) is 13.1 Å². The number of aromatic nitrogens is 2. The molecule has 27 heavy (non-hydrogen) atoms. The van der Waals surface area contributed by atoms with Gasteiger partial charge in [0.1, 0.15) is 18.8 Å². The highest BCUT2D eigenvalue weighted by Crippen LogP contribution is 2.23. The van der Waals surface area contributed by atoms with Crippen LogP contribution in [0.15, 0.2) is 91.1 Å². The van der Waals surface area contributed by atoms with Gasteiger partial charge in [-0.15, -0.1) is 0 Å². The Morgan fingerprint density at radius 2 is 1.44 bits per heavy atom. The normalized spacial score (nSPS) is 10.9. The molecule has 0 fully saturated rings. The van der Waals surface area contributed by atoms with E-state index in [9.17, 15) is 0 Å². The molecule has 4 aromatic rings. The van der Waals surface area contributed by atoms with Gasteiger partial charge in [-0.25, -0.2) is 4.68 Å². The highest BCUT2D eigenvalue weighted by Gasteiger charge is 2.13. The monoisotopic (exact) mass is 354 g/mol. The van der Waals surface area contributed by atoms with Gasteiger partial charge in [0.05, 0.1) is 11.3 Å². The lowest BCUT2D eigenvalue weighted by molar-refractivity contribution is -0.686. The molecular weight excluding hydrogens is 330 g/mol. The maximum Gasteiger partial charge on any atom is 0.105 e. The lowest BCUT2D eigenvalue weighted by Crippen LogP contribution is -2.80. The van der Waals surface area contributed by atoms with Gasteiger partial charge in [-0.3, -0.25) is 0 Å². The Kier molecular flexibility index (Phi) is 5.13. The van der Waals surface area contributed by atoms with E-state index in [1.54, 1.807) is 0 Å². The lowest BCUT2D eigenvalue weighted by atomic mass is 10.1. The van der Waals surface area contributed by atoms with Crippen LogP contribution in [0.4, 0.5) is 0 Å². The second-order valence-electron chi connectivity index (χ2n) is 6.83. The molecule has 0 radical (unpaired) electrons. The first-order valence-electron chi connectivity index (χ1n) is 9.36. The predicted molar refractivity (Wildman–Crippen MR) is 110 cm³/mol. The molecule has 3 nitrogen and oxygen atoms in total. The van der Waals surface area contributed by atoms with E-state index in [0.29, 0.717) is 0 Å². The Labute approximate surface area is 160 Å². The Morgan fingerprint density at radius 1 is 0.778 bits per heavy atom. The first kappa shape index (κ1) is 17.3. The summed E-state index contributed by atoms with van der Waals surface area (Å²) >= 11 is 0. The highest BCUT2D eigenvalue weighted by molar-refractivity contribution is 5.63. The summed E-state index contributed by atoms with van der Waals surface area (Å²) in [6, 6.07) is 29.5. The SMILES string of the molecule is Cc1ccc(-c2nn(-c3ccccc3)cc2C[NH2+]Cc2ccccc2)cc1. The Balaban J connectivity index is 1.61. The van der Waals surface area contributed by atoms with Crippen molar-refractivity contribution in [1.29, 1.82) is 0 Å². The van der Waals surface area contributed by atoms with Crippen molar-refractivity contribution in [3.63, 3.8) is 0 Å². The van der Waals surface area contributed by atoms with Crippen LogP contribution in [0.2, 0.25) is 0 Å². The number of hydrogen-bond acceptors (Lipinski definition) is 1. The minimum atomic E-state index is 0.894. The van der Waals surface area contributed by atoms with E-state index in [-0.39, 0.29) is 0 Å². The van der Waals surface area contributed by atoms with Crippen molar-refractivity contribution >= 4 is 0 Å². The van der Waals surface area contributed by atoms with Gasteiger partial charge in [0.25, 0.3) is 0 Å². The number of nitrogens with zero attached hydrogens (tertiary/aromatic N) is 2. The van der Waals surface area contributed by atoms with E-state index in [2.05, 4.69) is 85.2 Å². The molecule has 1 aromatic heterocycles. The van der Waals surface area contributed by atoms with E-state index >= 15 is 0 Å². The van der Waals surface area contributed by atoms with Crippen LogP contribution < -0.4 is 5.32 Å². The van der Waals surface area contributed by atoms with Crippen LogP contribution >= 0.6 is 0 Å². The van der Waals surface area contributed by atoms with Gasteiger partial charge in [0, 0.05) is 17.3 Å². The molecule has 2 N–H and O–H groups in total. The number of quaternary nitrogens is 1. The Hall–Kier alpha value is -3.17. The van der Waals surface area contributed by atoms with Crippen molar-refractivity contribution in [3.8, 4) is 16.9 Å². The number of hydrogen-bond donors (Lipinski definition) is 1. The summed E-state index contributed by atoms with van der Waals surface area (Å²) in [7, 11) is 0. The molecule has 4 rings (SSSR count). The van der Waals surface area contributed by atoms with Crippen LogP contribution in [0.1, 0.15) is 16.7 Å². The summed E-state index contributed by atoms with van der Waals surface area (Å²) in [6.07, 6.45) is 2.16.